The van der Waals surface area contributed by atoms with E-state index < -0.39 is 0 Å². The average Bonchev–Trinajstić information content (AvgIpc) is 3.37. The van der Waals surface area contributed by atoms with Gasteiger partial charge in [0.2, 0.25) is 11.0 Å². The van der Waals surface area contributed by atoms with Gasteiger partial charge in [-0.3, -0.25) is 4.79 Å². The molecule has 0 bridgehead atoms. The van der Waals surface area contributed by atoms with E-state index in [4.69, 9.17) is 0 Å². The van der Waals surface area contributed by atoms with Crippen LogP contribution in [0.2, 0.25) is 0 Å². The molecule has 9 heteroatoms. The molecule has 0 radical (unpaired) electrons. The quantitative estimate of drug-likeness (QED) is 0.434. The normalized spacial score (nSPS) is 10.8. The van der Waals surface area contributed by atoms with E-state index in [0.717, 1.165) is 30.6 Å². The van der Waals surface area contributed by atoms with Gasteiger partial charge in [-0.1, -0.05) is 41.7 Å². The van der Waals surface area contributed by atoms with Crippen LogP contribution in [-0.4, -0.2) is 21.1 Å². The number of carbonyl (C=O) groups excluding carboxylic acids is 1. The van der Waals surface area contributed by atoms with Crippen molar-refractivity contribution in [3.63, 3.8) is 0 Å². The van der Waals surface area contributed by atoms with Gasteiger partial charge in [0.25, 0.3) is 0 Å². The number of amides is 1. The molecule has 4 rings (SSSR count). The third-order valence-corrected chi connectivity index (χ3v) is 7.00. The number of rotatable bonds is 5. The number of hydrogen-bond donors (Lipinski definition) is 1. The molecule has 0 aliphatic rings. The number of halogens is 1. The number of anilines is 1. The Labute approximate surface area is 169 Å². The SMILES string of the molecule is O=C(Cc1csc(-c2cc(Br)cs2)n1)Nc1nnc(-c2ccccc2)s1. The molecule has 0 aliphatic carbocycles. The largest absolute Gasteiger partial charge is 0.300 e. The van der Waals surface area contributed by atoms with E-state index in [2.05, 4.69) is 36.4 Å². The maximum absolute atomic E-state index is 12.3. The number of nitrogens with zero attached hydrogens (tertiary/aromatic N) is 3. The minimum atomic E-state index is -0.148. The molecule has 1 aromatic carbocycles. The minimum Gasteiger partial charge on any atom is -0.300 e. The zero-order valence-corrected chi connectivity index (χ0v) is 17.2. The predicted molar refractivity (Wildman–Crippen MR) is 111 cm³/mol. The Balaban J connectivity index is 1.40. The lowest BCUT2D eigenvalue weighted by atomic mass is 10.2. The fourth-order valence-corrected chi connectivity index (χ4v) is 5.32. The van der Waals surface area contributed by atoms with Gasteiger partial charge in [0, 0.05) is 20.8 Å². The third kappa shape index (κ3) is 4.07. The number of carbonyl (C=O) groups is 1. The van der Waals surface area contributed by atoms with Gasteiger partial charge in [-0.2, -0.15) is 0 Å². The molecular formula is C17H11BrN4OS3. The summed E-state index contributed by atoms with van der Waals surface area (Å²) in [4.78, 5) is 17.9. The maximum Gasteiger partial charge on any atom is 0.232 e. The molecule has 3 aromatic heterocycles. The number of benzene rings is 1. The molecule has 4 aromatic rings. The fourth-order valence-electron chi connectivity index (χ4n) is 2.23. The van der Waals surface area contributed by atoms with Crippen LogP contribution in [-0.2, 0) is 11.2 Å². The molecule has 0 atom stereocenters. The molecule has 1 N–H and O–H groups in total. The molecule has 0 unspecified atom stereocenters. The van der Waals surface area contributed by atoms with Gasteiger partial charge in [0.15, 0.2) is 0 Å². The Morgan fingerprint density at radius 2 is 1.92 bits per heavy atom. The molecule has 0 saturated carbocycles. The Kier molecular flexibility index (Phi) is 5.21. The van der Waals surface area contributed by atoms with E-state index >= 15 is 0 Å². The molecular weight excluding hydrogens is 452 g/mol. The van der Waals surface area contributed by atoms with Crippen molar-refractivity contribution in [2.24, 2.45) is 0 Å². The van der Waals surface area contributed by atoms with Crippen LogP contribution in [0, 0.1) is 0 Å². The van der Waals surface area contributed by atoms with Gasteiger partial charge < -0.3 is 5.32 Å². The highest BCUT2D eigenvalue weighted by Gasteiger charge is 2.13. The maximum atomic E-state index is 12.3. The number of nitrogens with one attached hydrogen (secondary N) is 1. The van der Waals surface area contributed by atoms with Gasteiger partial charge in [0.05, 0.1) is 17.0 Å². The van der Waals surface area contributed by atoms with Crippen LogP contribution in [0.5, 0.6) is 0 Å². The predicted octanol–water partition coefficient (Wildman–Crippen LogP) is 5.33. The zero-order chi connectivity index (χ0) is 17.9. The summed E-state index contributed by atoms with van der Waals surface area (Å²) in [6.07, 6.45) is 0.212. The lowest BCUT2D eigenvalue weighted by Gasteiger charge is -1.98. The van der Waals surface area contributed by atoms with Crippen LogP contribution >= 0.6 is 49.9 Å². The Hall–Kier alpha value is -1.94. The number of thiazole rings is 1. The number of hydrogen-bond acceptors (Lipinski definition) is 7. The van der Waals surface area contributed by atoms with Crippen LogP contribution < -0.4 is 5.32 Å². The fraction of sp³-hybridized carbons (Fsp3) is 0.0588. The van der Waals surface area contributed by atoms with E-state index in [1.54, 1.807) is 11.3 Å². The van der Waals surface area contributed by atoms with Crippen LogP contribution in [0.4, 0.5) is 5.13 Å². The molecule has 0 fully saturated rings. The van der Waals surface area contributed by atoms with Gasteiger partial charge in [-0.15, -0.1) is 32.9 Å². The second-order valence-corrected chi connectivity index (χ2v) is 8.94. The van der Waals surface area contributed by atoms with E-state index in [1.807, 2.05) is 47.2 Å². The molecule has 5 nitrogen and oxygen atoms in total. The van der Waals surface area contributed by atoms with Crippen molar-refractivity contribution in [3.05, 3.63) is 57.3 Å². The molecule has 1 amide bonds. The average molecular weight is 463 g/mol. The number of thiophene rings is 1. The summed E-state index contributed by atoms with van der Waals surface area (Å²) < 4.78 is 1.04. The van der Waals surface area contributed by atoms with E-state index in [9.17, 15) is 4.79 Å². The van der Waals surface area contributed by atoms with Crippen molar-refractivity contribution in [2.45, 2.75) is 6.42 Å². The summed E-state index contributed by atoms with van der Waals surface area (Å²) in [5.41, 5.74) is 1.73. The Bertz CT molecular complexity index is 1040. The smallest absolute Gasteiger partial charge is 0.232 e. The Morgan fingerprint density at radius 1 is 1.08 bits per heavy atom. The van der Waals surface area contributed by atoms with E-state index in [0.29, 0.717) is 5.13 Å². The van der Waals surface area contributed by atoms with Gasteiger partial charge in [-0.05, 0) is 22.0 Å². The topological polar surface area (TPSA) is 67.8 Å². The van der Waals surface area contributed by atoms with Crippen molar-refractivity contribution in [2.75, 3.05) is 5.32 Å². The summed E-state index contributed by atoms with van der Waals surface area (Å²) in [7, 11) is 0. The van der Waals surface area contributed by atoms with E-state index in [-0.39, 0.29) is 12.3 Å². The first-order chi connectivity index (χ1) is 12.7. The van der Waals surface area contributed by atoms with Gasteiger partial charge >= 0.3 is 0 Å². The van der Waals surface area contributed by atoms with Crippen LogP contribution in [0.25, 0.3) is 20.5 Å². The minimum absolute atomic E-state index is 0.148. The van der Waals surface area contributed by atoms with Gasteiger partial charge in [-0.25, -0.2) is 4.98 Å². The third-order valence-electron chi connectivity index (χ3n) is 3.36. The second-order valence-electron chi connectivity index (χ2n) is 5.28. The molecule has 0 aliphatic heterocycles. The highest BCUT2D eigenvalue weighted by molar-refractivity contribution is 9.10. The highest BCUT2D eigenvalue weighted by Crippen LogP contribution is 2.32. The molecule has 130 valence electrons. The summed E-state index contributed by atoms with van der Waals surface area (Å²) in [5.74, 6) is -0.148. The number of aromatic nitrogens is 3. The van der Waals surface area contributed by atoms with Crippen LogP contribution in [0.3, 0.4) is 0 Å². The summed E-state index contributed by atoms with van der Waals surface area (Å²) >= 11 is 7.96. The monoisotopic (exact) mass is 462 g/mol. The zero-order valence-electron chi connectivity index (χ0n) is 13.2. The summed E-state index contributed by atoms with van der Waals surface area (Å²) in [6, 6.07) is 11.8. The van der Waals surface area contributed by atoms with Crippen molar-refractivity contribution < 1.29 is 4.79 Å². The van der Waals surface area contributed by atoms with Crippen LogP contribution in [0.15, 0.2) is 51.6 Å². The summed E-state index contributed by atoms with van der Waals surface area (Å²) in [5, 5.41) is 17.1. The summed E-state index contributed by atoms with van der Waals surface area (Å²) in [6.45, 7) is 0. The Morgan fingerprint density at radius 3 is 2.69 bits per heavy atom. The first-order valence-electron chi connectivity index (χ1n) is 7.55. The van der Waals surface area contributed by atoms with Crippen molar-refractivity contribution in [1.82, 2.24) is 15.2 Å². The first kappa shape index (κ1) is 17.5. The second kappa shape index (κ2) is 7.75. The highest BCUT2D eigenvalue weighted by atomic mass is 79.9. The standard InChI is InChI=1S/C17H11BrN4OS3/c18-11-6-13(24-8-11)16-19-12(9-25-16)7-14(23)20-17-22-21-15(26-17)10-4-2-1-3-5-10/h1-6,8-9H,7H2,(H,20,22,23). The van der Waals surface area contributed by atoms with E-state index in [1.165, 1.54) is 22.7 Å². The molecule has 0 spiro atoms. The lowest BCUT2D eigenvalue weighted by Crippen LogP contribution is -2.14. The van der Waals surface area contributed by atoms with Gasteiger partial charge in [0.1, 0.15) is 10.0 Å². The van der Waals surface area contributed by atoms with Crippen molar-refractivity contribution in [3.8, 4) is 20.5 Å². The van der Waals surface area contributed by atoms with Crippen LogP contribution in [0.1, 0.15) is 5.69 Å². The first-order valence-corrected chi connectivity index (χ1v) is 10.9. The van der Waals surface area contributed by atoms with Crippen molar-refractivity contribution >= 4 is 61.0 Å². The molecule has 3 heterocycles. The van der Waals surface area contributed by atoms with Crippen molar-refractivity contribution in [1.29, 1.82) is 0 Å². The molecule has 26 heavy (non-hydrogen) atoms. The molecule has 0 saturated heterocycles. The lowest BCUT2D eigenvalue weighted by molar-refractivity contribution is -0.115.